The van der Waals surface area contributed by atoms with E-state index in [0.717, 1.165) is 43.0 Å². The predicted molar refractivity (Wildman–Crippen MR) is 301 cm³/mol. The van der Waals surface area contributed by atoms with Crippen molar-refractivity contribution < 1.29 is 51.7 Å². The number of hydrogen-bond acceptors (Lipinski definition) is 11. The number of rotatable bonds is 21. The van der Waals surface area contributed by atoms with Crippen molar-refractivity contribution in [1.29, 1.82) is 0 Å². The maximum Gasteiger partial charge on any atom is 0.150 e. The van der Waals surface area contributed by atoms with Gasteiger partial charge >= 0.3 is 0 Å². The molecule has 2 fully saturated rings. The molecule has 14 heteroatoms. The van der Waals surface area contributed by atoms with Crippen LogP contribution in [0.15, 0.2) is 150 Å². The molecule has 0 unspecified atom stereocenters. The average Bonchev–Trinajstić information content (AvgIpc) is 4.42. The smallest absolute Gasteiger partial charge is 0.150 e. The molecule has 6 aromatic carbocycles. The van der Waals surface area contributed by atoms with Gasteiger partial charge in [0.1, 0.15) is 51.9 Å². The minimum absolute atomic E-state index is 0. The molecule has 8 aromatic rings. The summed E-state index contributed by atoms with van der Waals surface area (Å²) < 4.78 is 50.2. The Kier molecular flexibility index (Phi) is 18.5. The normalized spacial score (nSPS) is 13.4. The lowest BCUT2D eigenvalue weighted by molar-refractivity contribution is -0.135. The van der Waals surface area contributed by atoms with Gasteiger partial charge in [0, 0.05) is 79.4 Å². The van der Waals surface area contributed by atoms with Crippen LogP contribution in [0.1, 0.15) is 81.7 Å². The molecule has 2 aromatic heterocycles. The fourth-order valence-electron chi connectivity index (χ4n) is 9.22. The number of hydrogen-bond donors (Lipinski definition) is 0. The van der Waals surface area contributed by atoms with E-state index in [1.807, 2.05) is 61.5 Å². The van der Waals surface area contributed by atoms with Crippen LogP contribution >= 0.6 is 15.9 Å². The number of ketones is 5. The third-order valence-electron chi connectivity index (χ3n) is 14.1. The van der Waals surface area contributed by atoms with Gasteiger partial charge in [-0.2, -0.15) is 0 Å². The van der Waals surface area contributed by atoms with Gasteiger partial charge in [-0.3, -0.25) is 33.9 Å². The van der Waals surface area contributed by atoms with E-state index in [1.54, 1.807) is 81.2 Å². The number of nitrogens with zero attached hydrogens (tertiary/aromatic N) is 2. The molecular formula is C64H61BrF2N2O9. The second-order valence-corrected chi connectivity index (χ2v) is 20.0. The number of carbonyl (C=O) groups excluding carboxylic acids is 5. The Balaban J connectivity index is 0.000000222. The van der Waals surface area contributed by atoms with E-state index in [-0.39, 0.29) is 87.5 Å². The molecular weight excluding hydrogens is 1060 g/mol. The van der Waals surface area contributed by atoms with Crippen LogP contribution in [0.3, 0.4) is 0 Å². The van der Waals surface area contributed by atoms with Gasteiger partial charge in [0.15, 0.2) is 23.1 Å². The van der Waals surface area contributed by atoms with Crippen molar-refractivity contribution in [3.63, 3.8) is 0 Å². The van der Waals surface area contributed by atoms with Crippen molar-refractivity contribution in [3.8, 4) is 34.5 Å². The largest absolute Gasteiger partial charge is 0.496 e. The molecule has 0 radical (unpaired) electrons. The third-order valence-corrected chi connectivity index (χ3v) is 14.7. The number of ether oxygens (including phenoxy) is 4. The standard InChI is InChI=1S/C33H30FNO5.C29H23BrFNO4.2CH4/c1-3-25(36)18-23-19-27-28(20-30(23)39-2)35-15-12-29(27)40-26-10-6-22(7-11-26)17-32(38)33(13-14-33)31(37)16-21-4-8-24(34)9-5-21;1-35-26-17-24-22(16-23(26)30)25(10-13-32-24)36-21-8-4-19(5-9-21)15-28(34)29(11-12-29)27(33)14-18-2-6-20(31)7-3-18;;/h4-12,15,19-20H,3,13-14,16-18H2,1-2H3;2-10,13,16-17H,11-12,14-15H2,1H3;2*1H4. The lowest BCUT2D eigenvalue weighted by Gasteiger charge is -2.14. The first-order chi connectivity index (χ1) is 36.7. The summed E-state index contributed by atoms with van der Waals surface area (Å²) in [6.45, 7) is 1.83. The highest BCUT2D eigenvalue weighted by Gasteiger charge is 2.55. The summed E-state index contributed by atoms with van der Waals surface area (Å²) in [6.07, 6.45) is 6.89. The topological polar surface area (TPSA) is 148 Å². The van der Waals surface area contributed by atoms with Crippen molar-refractivity contribution in [2.75, 3.05) is 14.2 Å². The molecule has 2 aliphatic carbocycles. The Morgan fingerprint density at radius 2 is 0.846 bits per heavy atom. The number of halogens is 3. The Morgan fingerprint density at radius 1 is 0.487 bits per heavy atom. The molecule has 2 aliphatic rings. The van der Waals surface area contributed by atoms with Gasteiger partial charge in [0.2, 0.25) is 0 Å². The van der Waals surface area contributed by atoms with E-state index in [2.05, 4.69) is 25.9 Å². The van der Waals surface area contributed by atoms with Crippen molar-refractivity contribution in [2.24, 2.45) is 10.8 Å². The average molecular weight is 1120 g/mol. The van der Waals surface area contributed by atoms with Crippen molar-refractivity contribution in [1.82, 2.24) is 9.97 Å². The van der Waals surface area contributed by atoms with Crippen molar-refractivity contribution in [3.05, 3.63) is 190 Å². The van der Waals surface area contributed by atoms with E-state index < -0.39 is 10.8 Å². The number of pyridine rings is 2. The molecule has 2 saturated carbocycles. The van der Waals surface area contributed by atoms with Crippen LogP contribution in [-0.4, -0.2) is 53.1 Å². The summed E-state index contributed by atoms with van der Waals surface area (Å²) in [4.78, 5) is 73.0. The minimum Gasteiger partial charge on any atom is -0.496 e. The number of Topliss-reactive ketones (excluding diaryl/α,β-unsaturated/α-hetero) is 5. The first kappa shape index (κ1) is 57.7. The SMILES string of the molecule is C.C.CCC(=O)Cc1cc2c(Oc3ccc(CC(=O)C4(C(=O)Cc5ccc(F)cc5)CC4)cc3)ccnc2cc1OC.COc1cc2nccc(Oc3ccc(CC(=O)C4(C(=O)Cc5ccc(F)cc5)CC4)cc3)c2cc1Br. The summed E-state index contributed by atoms with van der Waals surface area (Å²) in [5, 5.41) is 1.59. The quantitative estimate of drug-likeness (QED) is 0.0633. The summed E-state index contributed by atoms with van der Waals surface area (Å²) >= 11 is 3.50. The van der Waals surface area contributed by atoms with Gasteiger partial charge in [-0.15, -0.1) is 0 Å². The molecule has 10 rings (SSSR count). The molecule has 0 atom stereocenters. The number of carbonyl (C=O) groups is 5. The second kappa shape index (κ2) is 25.0. The summed E-state index contributed by atoms with van der Waals surface area (Å²) in [6, 6.07) is 37.2. The van der Waals surface area contributed by atoms with Crippen molar-refractivity contribution in [2.45, 2.75) is 86.0 Å². The van der Waals surface area contributed by atoms with Crippen LogP contribution < -0.4 is 18.9 Å². The predicted octanol–water partition coefficient (Wildman–Crippen LogP) is 14.3. The van der Waals surface area contributed by atoms with E-state index in [1.165, 1.54) is 24.3 Å². The highest BCUT2D eigenvalue weighted by Crippen LogP contribution is 2.50. The molecule has 2 heterocycles. The number of methoxy groups -OCH3 is 2. The van der Waals surface area contributed by atoms with Gasteiger partial charge in [-0.25, -0.2) is 8.78 Å². The minimum atomic E-state index is -0.933. The molecule has 0 amide bonds. The monoisotopic (exact) mass is 1120 g/mol. The maximum absolute atomic E-state index is 13.2. The Labute approximate surface area is 461 Å². The molecule has 78 heavy (non-hydrogen) atoms. The lowest BCUT2D eigenvalue weighted by Crippen LogP contribution is -2.28. The van der Waals surface area contributed by atoms with E-state index in [0.29, 0.717) is 77.7 Å². The highest BCUT2D eigenvalue weighted by atomic mass is 79.9. The highest BCUT2D eigenvalue weighted by molar-refractivity contribution is 9.10. The van der Waals surface area contributed by atoms with Gasteiger partial charge in [-0.05, 0) is 137 Å². The van der Waals surface area contributed by atoms with Gasteiger partial charge < -0.3 is 18.9 Å². The van der Waals surface area contributed by atoms with Gasteiger partial charge in [0.25, 0.3) is 0 Å². The van der Waals surface area contributed by atoms with Gasteiger partial charge in [0.05, 0.1) is 40.6 Å². The van der Waals surface area contributed by atoms with E-state index >= 15 is 0 Å². The van der Waals surface area contributed by atoms with Crippen LogP contribution in [0.4, 0.5) is 8.78 Å². The van der Waals surface area contributed by atoms with E-state index in [9.17, 15) is 32.8 Å². The first-order valence-electron chi connectivity index (χ1n) is 24.9. The zero-order valence-corrected chi connectivity index (χ0v) is 43.7. The Morgan fingerprint density at radius 3 is 1.21 bits per heavy atom. The number of benzene rings is 6. The fourth-order valence-corrected chi connectivity index (χ4v) is 9.72. The summed E-state index contributed by atoms with van der Waals surface area (Å²) in [5.74, 6) is 2.80. The molecule has 0 aliphatic heterocycles. The van der Waals surface area contributed by atoms with Crippen LogP contribution in [0.25, 0.3) is 21.8 Å². The van der Waals surface area contributed by atoms with Crippen LogP contribution in [0, 0.1) is 22.5 Å². The molecule has 402 valence electrons. The van der Waals surface area contributed by atoms with E-state index in [4.69, 9.17) is 18.9 Å². The van der Waals surface area contributed by atoms with Crippen LogP contribution in [-0.2, 0) is 56.1 Å². The molecule has 0 saturated heterocycles. The summed E-state index contributed by atoms with van der Waals surface area (Å²) in [7, 11) is 3.17. The Hall–Kier alpha value is -7.97. The molecule has 11 nitrogen and oxygen atoms in total. The molecule has 0 bridgehead atoms. The fraction of sp³-hybridized carbons (Fsp3) is 0.266. The lowest BCUT2D eigenvalue weighted by atomic mass is 9.88. The number of aromatic nitrogens is 2. The van der Waals surface area contributed by atoms with Gasteiger partial charge in [-0.1, -0.05) is 70.3 Å². The molecule has 0 N–H and O–H groups in total. The van der Waals surface area contributed by atoms with Crippen LogP contribution in [0.5, 0.6) is 34.5 Å². The van der Waals surface area contributed by atoms with Crippen LogP contribution in [0.2, 0.25) is 0 Å². The zero-order valence-electron chi connectivity index (χ0n) is 42.1. The third kappa shape index (κ3) is 13.2. The van der Waals surface area contributed by atoms with Crippen molar-refractivity contribution >= 4 is 66.7 Å². The first-order valence-corrected chi connectivity index (χ1v) is 25.7. The Bertz CT molecular complexity index is 3490. The second-order valence-electron chi connectivity index (χ2n) is 19.2. The summed E-state index contributed by atoms with van der Waals surface area (Å²) in [5.41, 5.74) is 3.40. The number of fused-ring (bicyclic) bond motifs is 2. The zero-order chi connectivity index (χ0) is 53.6. The maximum atomic E-state index is 13.2. The molecule has 0 spiro atoms.